The fourth-order valence-electron chi connectivity index (χ4n) is 2.56. The van der Waals surface area contributed by atoms with Gasteiger partial charge in [-0.25, -0.2) is 0 Å². The molecule has 0 fully saturated rings. The fourth-order valence-corrected chi connectivity index (χ4v) is 2.56. The van der Waals surface area contributed by atoms with E-state index in [1.165, 1.54) is 44.9 Å². The van der Waals surface area contributed by atoms with Crippen LogP contribution in [0.15, 0.2) is 30.3 Å². The molecule has 0 aliphatic heterocycles. The van der Waals surface area contributed by atoms with E-state index in [9.17, 15) is 4.79 Å². The Kier molecular flexibility index (Phi) is 9.02. The van der Waals surface area contributed by atoms with Crippen LogP contribution in [0.5, 0.6) is 0 Å². The lowest BCUT2D eigenvalue weighted by molar-refractivity contribution is 0.0974. The number of hydrogen-bond acceptors (Lipinski definition) is 1. The van der Waals surface area contributed by atoms with Crippen molar-refractivity contribution in [1.82, 2.24) is 0 Å². The third-order valence-electron chi connectivity index (χ3n) is 4.01. The molecule has 112 valence electrons. The van der Waals surface area contributed by atoms with Gasteiger partial charge in [-0.2, -0.15) is 0 Å². The average molecular weight is 274 g/mol. The first kappa shape index (κ1) is 16.9. The van der Waals surface area contributed by atoms with Crippen molar-refractivity contribution in [3.8, 4) is 0 Å². The third kappa shape index (κ3) is 7.47. The number of carbonyl (C=O) groups is 1. The predicted molar refractivity (Wildman–Crippen MR) is 87.2 cm³/mol. The van der Waals surface area contributed by atoms with Crippen LogP contribution in [0.3, 0.4) is 0 Å². The van der Waals surface area contributed by atoms with E-state index in [-0.39, 0.29) is 0 Å². The smallest absolute Gasteiger partial charge is 0.162 e. The van der Waals surface area contributed by atoms with Gasteiger partial charge in [0.25, 0.3) is 0 Å². The summed E-state index contributed by atoms with van der Waals surface area (Å²) in [5, 5.41) is 0. The summed E-state index contributed by atoms with van der Waals surface area (Å²) in [6, 6.07) is 9.67. The molecule has 0 saturated carbocycles. The molecule has 0 bridgehead atoms. The summed E-state index contributed by atoms with van der Waals surface area (Å²) in [4.78, 5) is 12.0. The van der Waals surface area contributed by atoms with E-state index in [1.54, 1.807) is 0 Å². The standard InChI is InChI=1S/C19H30O/c1-3-4-5-6-7-9-12-17(2)15-16-19(20)18-13-10-8-11-14-18/h8,10-11,13-14,17H,3-7,9,12,15-16H2,1-2H3. The van der Waals surface area contributed by atoms with Crippen molar-refractivity contribution >= 4 is 5.78 Å². The first-order valence-electron chi connectivity index (χ1n) is 8.32. The van der Waals surface area contributed by atoms with E-state index < -0.39 is 0 Å². The minimum absolute atomic E-state index is 0.292. The average Bonchev–Trinajstić information content (AvgIpc) is 2.49. The third-order valence-corrected chi connectivity index (χ3v) is 4.01. The van der Waals surface area contributed by atoms with Gasteiger partial charge in [0.1, 0.15) is 0 Å². The molecule has 0 radical (unpaired) electrons. The normalized spacial score (nSPS) is 12.3. The Morgan fingerprint density at radius 3 is 2.30 bits per heavy atom. The van der Waals surface area contributed by atoms with Gasteiger partial charge in [0, 0.05) is 12.0 Å². The lowest BCUT2D eigenvalue weighted by Crippen LogP contribution is -2.03. The summed E-state index contributed by atoms with van der Waals surface area (Å²) in [5.74, 6) is 0.967. The first-order chi connectivity index (χ1) is 9.74. The Morgan fingerprint density at radius 1 is 0.950 bits per heavy atom. The molecule has 20 heavy (non-hydrogen) atoms. The molecule has 0 aromatic heterocycles. The Bertz CT molecular complexity index is 355. The maximum absolute atomic E-state index is 12.0. The second-order valence-corrected chi connectivity index (χ2v) is 5.99. The molecular weight excluding hydrogens is 244 g/mol. The largest absolute Gasteiger partial charge is 0.294 e. The molecule has 1 aromatic rings. The zero-order valence-corrected chi connectivity index (χ0v) is 13.2. The lowest BCUT2D eigenvalue weighted by Gasteiger charge is -2.10. The van der Waals surface area contributed by atoms with Crippen LogP contribution in [0.2, 0.25) is 0 Å². The molecule has 1 atom stereocenters. The SMILES string of the molecule is CCCCCCCCC(C)CCC(=O)c1ccccc1. The molecule has 1 rings (SSSR count). The first-order valence-corrected chi connectivity index (χ1v) is 8.32. The zero-order valence-electron chi connectivity index (χ0n) is 13.2. The Morgan fingerprint density at radius 2 is 1.60 bits per heavy atom. The van der Waals surface area contributed by atoms with E-state index in [2.05, 4.69) is 13.8 Å². The summed E-state index contributed by atoms with van der Waals surface area (Å²) in [7, 11) is 0. The van der Waals surface area contributed by atoms with E-state index in [1.807, 2.05) is 30.3 Å². The Labute approximate surface area is 124 Å². The van der Waals surface area contributed by atoms with Gasteiger partial charge in [0.2, 0.25) is 0 Å². The van der Waals surface area contributed by atoms with Crippen molar-refractivity contribution in [3.63, 3.8) is 0 Å². The van der Waals surface area contributed by atoms with Crippen molar-refractivity contribution in [2.24, 2.45) is 5.92 Å². The predicted octanol–water partition coefficient (Wildman–Crippen LogP) is 6.04. The van der Waals surface area contributed by atoms with E-state index in [0.717, 1.165) is 12.0 Å². The van der Waals surface area contributed by atoms with Crippen LogP contribution in [-0.2, 0) is 0 Å². The van der Waals surface area contributed by atoms with Crippen LogP contribution in [0, 0.1) is 5.92 Å². The lowest BCUT2D eigenvalue weighted by atomic mass is 9.95. The van der Waals surface area contributed by atoms with Crippen LogP contribution >= 0.6 is 0 Å². The quantitative estimate of drug-likeness (QED) is 0.355. The number of benzene rings is 1. The molecule has 0 amide bonds. The molecule has 0 aliphatic carbocycles. The molecule has 0 N–H and O–H groups in total. The Balaban J connectivity index is 2.08. The molecule has 0 spiro atoms. The molecule has 1 nitrogen and oxygen atoms in total. The Hall–Kier alpha value is -1.11. The van der Waals surface area contributed by atoms with Gasteiger partial charge in [0.05, 0.1) is 0 Å². The van der Waals surface area contributed by atoms with Crippen LogP contribution < -0.4 is 0 Å². The molecule has 0 heterocycles. The summed E-state index contributed by atoms with van der Waals surface area (Å²) >= 11 is 0. The second kappa shape index (κ2) is 10.7. The van der Waals surface area contributed by atoms with Crippen molar-refractivity contribution in [1.29, 1.82) is 0 Å². The van der Waals surface area contributed by atoms with E-state index in [4.69, 9.17) is 0 Å². The summed E-state index contributed by atoms with van der Waals surface area (Å²) in [6.07, 6.45) is 11.1. The molecule has 1 unspecified atom stereocenters. The topological polar surface area (TPSA) is 17.1 Å². The highest BCUT2D eigenvalue weighted by atomic mass is 16.1. The maximum atomic E-state index is 12.0. The van der Waals surface area contributed by atoms with E-state index >= 15 is 0 Å². The van der Waals surface area contributed by atoms with E-state index in [0.29, 0.717) is 18.1 Å². The van der Waals surface area contributed by atoms with Crippen molar-refractivity contribution in [2.75, 3.05) is 0 Å². The van der Waals surface area contributed by atoms with Gasteiger partial charge in [-0.3, -0.25) is 4.79 Å². The van der Waals surface area contributed by atoms with Crippen molar-refractivity contribution in [3.05, 3.63) is 35.9 Å². The molecular formula is C19H30O. The number of rotatable bonds is 11. The maximum Gasteiger partial charge on any atom is 0.162 e. The van der Waals surface area contributed by atoms with Crippen LogP contribution in [0.25, 0.3) is 0 Å². The molecule has 1 aromatic carbocycles. The zero-order chi connectivity index (χ0) is 14.6. The highest BCUT2D eigenvalue weighted by Crippen LogP contribution is 2.17. The number of hydrogen-bond donors (Lipinski definition) is 0. The summed E-state index contributed by atoms with van der Waals surface area (Å²) < 4.78 is 0. The van der Waals surface area contributed by atoms with Crippen LogP contribution in [-0.4, -0.2) is 5.78 Å². The van der Waals surface area contributed by atoms with Crippen LogP contribution in [0.4, 0.5) is 0 Å². The van der Waals surface area contributed by atoms with Gasteiger partial charge < -0.3 is 0 Å². The summed E-state index contributed by atoms with van der Waals surface area (Å²) in [6.45, 7) is 4.54. The van der Waals surface area contributed by atoms with Gasteiger partial charge in [-0.1, -0.05) is 89.1 Å². The second-order valence-electron chi connectivity index (χ2n) is 5.99. The molecule has 1 heteroatoms. The minimum atomic E-state index is 0.292. The fraction of sp³-hybridized carbons (Fsp3) is 0.632. The number of Topliss-reactive ketones (excluding diaryl/α,β-unsaturated/α-hetero) is 1. The highest BCUT2D eigenvalue weighted by Gasteiger charge is 2.08. The van der Waals surface area contributed by atoms with Gasteiger partial charge in [-0.05, 0) is 12.3 Å². The monoisotopic (exact) mass is 274 g/mol. The van der Waals surface area contributed by atoms with Gasteiger partial charge >= 0.3 is 0 Å². The van der Waals surface area contributed by atoms with Crippen molar-refractivity contribution < 1.29 is 4.79 Å². The number of ketones is 1. The molecule has 0 saturated heterocycles. The van der Waals surface area contributed by atoms with Crippen LogP contribution in [0.1, 0.15) is 82.0 Å². The molecule has 0 aliphatic rings. The van der Waals surface area contributed by atoms with Gasteiger partial charge in [0.15, 0.2) is 5.78 Å². The highest BCUT2D eigenvalue weighted by molar-refractivity contribution is 5.95. The van der Waals surface area contributed by atoms with Crippen molar-refractivity contribution in [2.45, 2.75) is 71.6 Å². The number of carbonyl (C=O) groups excluding carboxylic acids is 1. The summed E-state index contributed by atoms with van der Waals surface area (Å²) in [5.41, 5.74) is 0.860. The van der Waals surface area contributed by atoms with Gasteiger partial charge in [-0.15, -0.1) is 0 Å². The minimum Gasteiger partial charge on any atom is -0.294 e. The number of unbranched alkanes of at least 4 members (excludes halogenated alkanes) is 5.